The lowest BCUT2D eigenvalue weighted by atomic mass is 9.99. The van der Waals surface area contributed by atoms with Gasteiger partial charge in [-0.1, -0.05) is 11.6 Å². The molecule has 1 aliphatic heterocycles. The monoisotopic (exact) mass is 275 g/mol. The van der Waals surface area contributed by atoms with Crippen molar-refractivity contribution < 1.29 is 4.74 Å². The zero-order valence-corrected chi connectivity index (χ0v) is 10.8. The number of rotatable bonds is 2. The molecular weight excluding hydrogens is 266 g/mol. The largest absolute Gasteiger partial charge is 0.481 e. The lowest BCUT2D eigenvalue weighted by Crippen LogP contribution is -2.06. The van der Waals surface area contributed by atoms with E-state index in [4.69, 9.17) is 22.1 Å². The van der Waals surface area contributed by atoms with E-state index in [0.717, 1.165) is 11.3 Å². The molecule has 0 unspecified atom stereocenters. The van der Waals surface area contributed by atoms with Crippen molar-refractivity contribution in [2.24, 2.45) is 4.99 Å². The maximum Gasteiger partial charge on any atom is 0.220 e. The number of aliphatic imine (C=N–C) groups is 1. The van der Waals surface area contributed by atoms with Crippen LogP contribution < -0.4 is 10.5 Å². The quantitative estimate of drug-likeness (QED) is 0.905. The fourth-order valence-electron chi connectivity index (χ4n) is 1.99. The van der Waals surface area contributed by atoms with Gasteiger partial charge < -0.3 is 10.5 Å². The lowest BCUT2D eigenvalue weighted by molar-refractivity contribution is 0.398. The number of ether oxygens (including phenoxy) is 1. The Bertz CT molecular complexity index is 673. The van der Waals surface area contributed by atoms with Gasteiger partial charge in [0.25, 0.3) is 0 Å². The Morgan fingerprint density at radius 3 is 2.95 bits per heavy atom. The highest BCUT2D eigenvalue weighted by molar-refractivity contribution is 6.32. The first-order valence-corrected chi connectivity index (χ1v) is 5.94. The van der Waals surface area contributed by atoms with Crippen molar-refractivity contribution in [3.63, 3.8) is 0 Å². The fraction of sp³-hybridized carbons (Fsp3) is 0.167. The Kier molecular flexibility index (Phi) is 2.79. The molecule has 96 valence electrons. The van der Waals surface area contributed by atoms with Gasteiger partial charge in [-0.2, -0.15) is 4.98 Å². The number of anilines is 1. The molecule has 0 bridgehead atoms. The second kappa shape index (κ2) is 4.47. The number of nitrogen functional groups attached to an aromatic ring is 1. The number of halogens is 1. The maximum atomic E-state index is 6.26. The van der Waals surface area contributed by atoms with Crippen molar-refractivity contribution in [2.45, 2.75) is 5.92 Å². The third-order valence-electron chi connectivity index (χ3n) is 2.84. The van der Waals surface area contributed by atoms with E-state index in [9.17, 15) is 0 Å². The highest BCUT2D eigenvalue weighted by Gasteiger charge is 2.27. The summed E-state index contributed by atoms with van der Waals surface area (Å²) in [6.07, 6.45) is 3.35. The lowest BCUT2D eigenvalue weighted by Gasteiger charge is -2.11. The summed E-state index contributed by atoms with van der Waals surface area (Å²) >= 11 is 6.26. The van der Waals surface area contributed by atoms with Crippen molar-refractivity contribution in [1.82, 2.24) is 15.0 Å². The van der Waals surface area contributed by atoms with E-state index in [0.29, 0.717) is 16.7 Å². The summed E-state index contributed by atoms with van der Waals surface area (Å²) in [6, 6.07) is 3.44. The Balaban J connectivity index is 2.10. The Morgan fingerprint density at radius 1 is 1.37 bits per heavy atom. The van der Waals surface area contributed by atoms with Gasteiger partial charge in [0.1, 0.15) is 0 Å². The third-order valence-corrected chi connectivity index (χ3v) is 3.16. The topological polar surface area (TPSA) is 86.3 Å². The highest BCUT2D eigenvalue weighted by atomic mass is 35.5. The first-order chi connectivity index (χ1) is 9.19. The van der Waals surface area contributed by atoms with E-state index in [1.54, 1.807) is 24.5 Å². The molecule has 19 heavy (non-hydrogen) atoms. The van der Waals surface area contributed by atoms with Gasteiger partial charge >= 0.3 is 0 Å². The molecule has 2 aromatic rings. The molecule has 0 amide bonds. The minimum Gasteiger partial charge on any atom is -0.481 e. The molecule has 6 nitrogen and oxygen atoms in total. The van der Waals surface area contributed by atoms with Gasteiger partial charge in [-0.05, 0) is 6.07 Å². The van der Waals surface area contributed by atoms with Crippen LogP contribution in [-0.4, -0.2) is 28.3 Å². The Labute approximate surface area is 114 Å². The minimum atomic E-state index is -0.161. The summed E-state index contributed by atoms with van der Waals surface area (Å²) in [5.74, 6) is 1.04. The van der Waals surface area contributed by atoms with Crippen LogP contribution in [0.1, 0.15) is 17.2 Å². The normalized spacial score (nSPS) is 16.4. The van der Waals surface area contributed by atoms with Crippen molar-refractivity contribution in [2.75, 3.05) is 12.8 Å². The number of hydrogen-bond donors (Lipinski definition) is 1. The molecule has 0 fully saturated rings. The van der Waals surface area contributed by atoms with E-state index in [2.05, 4.69) is 19.9 Å². The van der Waals surface area contributed by atoms with Crippen LogP contribution in [0.4, 0.5) is 11.8 Å². The van der Waals surface area contributed by atoms with Crippen molar-refractivity contribution in [3.8, 4) is 5.88 Å². The summed E-state index contributed by atoms with van der Waals surface area (Å²) in [6.45, 7) is 0. The molecule has 3 rings (SSSR count). The molecule has 2 aromatic heterocycles. The van der Waals surface area contributed by atoms with Gasteiger partial charge in [-0.15, -0.1) is 0 Å². The Hall–Kier alpha value is -2.21. The van der Waals surface area contributed by atoms with Crippen LogP contribution >= 0.6 is 11.6 Å². The standard InChI is InChI=1S/C12H10ClN5O/c1-19-9-4-7(13)10-6(5-16-11(10)18-9)8-2-3-15-12(14)17-8/h2-6H,1H3,(H2,14,15,17)/t6-/m1/s1. The predicted octanol–water partition coefficient (Wildman–Crippen LogP) is 1.96. The van der Waals surface area contributed by atoms with Crippen LogP contribution in [0.15, 0.2) is 23.3 Å². The SMILES string of the molecule is COc1cc(Cl)c2c(n1)N=C[C@@H]2c1ccnc(N)n1. The molecule has 0 saturated carbocycles. The van der Waals surface area contributed by atoms with Gasteiger partial charge in [0.2, 0.25) is 11.8 Å². The van der Waals surface area contributed by atoms with Gasteiger partial charge in [-0.3, -0.25) is 0 Å². The number of pyridine rings is 1. The predicted molar refractivity (Wildman–Crippen MR) is 72.2 cm³/mol. The Morgan fingerprint density at radius 2 is 2.21 bits per heavy atom. The second-order valence-corrected chi connectivity index (χ2v) is 4.39. The third kappa shape index (κ3) is 2.00. The summed E-state index contributed by atoms with van der Waals surface area (Å²) in [4.78, 5) is 16.6. The molecule has 7 heteroatoms. The average molecular weight is 276 g/mol. The number of fused-ring (bicyclic) bond motifs is 1. The summed E-state index contributed by atoms with van der Waals surface area (Å²) in [5.41, 5.74) is 7.14. The molecule has 0 saturated heterocycles. The number of aromatic nitrogens is 3. The molecule has 0 aliphatic carbocycles. The molecule has 1 atom stereocenters. The number of nitrogens with two attached hydrogens (primary N) is 1. The van der Waals surface area contributed by atoms with E-state index < -0.39 is 0 Å². The summed E-state index contributed by atoms with van der Waals surface area (Å²) < 4.78 is 5.07. The number of methoxy groups -OCH3 is 1. The van der Waals surface area contributed by atoms with Crippen LogP contribution in [-0.2, 0) is 0 Å². The van der Waals surface area contributed by atoms with Gasteiger partial charge in [-0.25, -0.2) is 15.0 Å². The molecule has 1 aliphatic rings. The summed E-state index contributed by atoms with van der Waals surface area (Å²) in [5, 5.41) is 0.543. The maximum absolute atomic E-state index is 6.26. The molecule has 0 aromatic carbocycles. The van der Waals surface area contributed by atoms with E-state index in [-0.39, 0.29) is 11.9 Å². The molecule has 3 heterocycles. The minimum absolute atomic E-state index is 0.161. The van der Waals surface area contributed by atoms with E-state index >= 15 is 0 Å². The smallest absolute Gasteiger partial charge is 0.220 e. The zero-order chi connectivity index (χ0) is 13.4. The molecule has 0 spiro atoms. The fourth-order valence-corrected chi connectivity index (χ4v) is 2.28. The van der Waals surface area contributed by atoms with Gasteiger partial charge in [0.15, 0.2) is 5.82 Å². The first-order valence-electron chi connectivity index (χ1n) is 5.56. The first kappa shape index (κ1) is 11.9. The summed E-state index contributed by atoms with van der Waals surface area (Å²) in [7, 11) is 1.53. The average Bonchev–Trinajstić information content (AvgIpc) is 2.83. The van der Waals surface area contributed by atoms with Gasteiger partial charge in [0, 0.05) is 24.0 Å². The number of nitrogens with zero attached hydrogens (tertiary/aromatic N) is 4. The molecule has 0 radical (unpaired) electrons. The second-order valence-electron chi connectivity index (χ2n) is 3.98. The van der Waals surface area contributed by atoms with Crippen molar-refractivity contribution in [1.29, 1.82) is 0 Å². The van der Waals surface area contributed by atoms with Crippen LogP contribution in [0.3, 0.4) is 0 Å². The highest BCUT2D eigenvalue weighted by Crippen LogP contribution is 2.40. The van der Waals surface area contributed by atoms with Crippen molar-refractivity contribution in [3.05, 3.63) is 34.6 Å². The van der Waals surface area contributed by atoms with Crippen LogP contribution in [0, 0.1) is 0 Å². The molecule has 2 N–H and O–H groups in total. The van der Waals surface area contributed by atoms with E-state index in [1.807, 2.05) is 0 Å². The molecular formula is C12H10ClN5O. The van der Waals surface area contributed by atoms with E-state index in [1.165, 1.54) is 7.11 Å². The van der Waals surface area contributed by atoms with Crippen molar-refractivity contribution >= 4 is 29.6 Å². The number of hydrogen-bond acceptors (Lipinski definition) is 6. The van der Waals surface area contributed by atoms with Crippen LogP contribution in [0.2, 0.25) is 5.02 Å². The zero-order valence-electron chi connectivity index (χ0n) is 10.0. The van der Waals surface area contributed by atoms with Crippen LogP contribution in [0.5, 0.6) is 5.88 Å². The van der Waals surface area contributed by atoms with Gasteiger partial charge in [0.05, 0.1) is 23.7 Å². The van der Waals surface area contributed by atoms with Crippen LogP contribution in [0.25, 0.3) is 0 Å².